The van der Waals surface area contributed by atoms with Crippen LogP contribution in [0, 0.1) is 6.92 Å². The van der Waals surface area contributed by atoms with Gasteiger partial charge in [0.1, 0.15) is 18.4 Å². The summed E-state index contributed by atoms with van der Waals surface area (Å²) in [6.45, 7) is 3.61. The molecule has 1 amide bonds. The Morgan fingerprint density at radius 2 is 1.90 bits per heavy atom. The van der Waals surface area contributed by atoms with Crippen molar-refractivity contribution >= 4 is 15.9 Å². The minimum absolute atomic E-state index is 0.0285. The van der Waals surface area contributed by atoms with Crippen LogP contribution in [0.5, 0.6) is 5.75 Å². The van der Waals surface area contributed by atoms with E-state index in [0.717, 1.165) is 15.4 Å². The molecule has 2 aromatic rings. The van der Waals surface area contributed by atoms with Crippen molar-refractivity contribution in [3.8, 4) is 5.75 Å². The van der Waals surface area contributed by atoms with Gasteiger partial charge in [-0.15, -0.1) is 0 Å². The molecule has 0 aliphatic carbocycles. The monoisotopic (exact) mass is 434 g/mol. The fraction of sp³-hybridized carbons (Fsp3) is 0.381. The Labute approximate surface area is 176 Å². The standard InChI is InChI=1S/C21H26N2O6S/c1-15-5-3-4-6-16(15)13-29-17-7-9-18(10-8-17)30(27,28)23-14-21(2,25)12-11-19(23)20(24)22-26/h3-10,19,25-26H,11-14H2,1-2H3,(H,22,24)/t19-,21-/m1/s1. The number of aryl methyl sites for hydroxylation is 1. The molecule has 3 N–H and O–H groups in total. The summed E-state index contributed by atoms with van der Waals surface area (Å²) in [6, 6.07) is 12.6. The fourth-order valence-electron chi connectivity index (χ4n) is 3.48. The number of carbonyl (C=O) groups excluding carboxylic acids is 1. The van der Waals surface area contributed by atoms with Crippen LogP contribution < -0.4 is 10.2 Å². The van der Waals surface area contributed by atoms with Crippen LogP contribution in [0.2, 0.25) is 0 Å². The Hall–Kier alpha value is -2.46. The van der Waals surface area contributed by atoms with Crippen molar-refractivity contribution in [3.63, 3.8) is 0 Å². The molecule has 9 heteroatoms. The number of hydrogen-bond donors (Lipinski definition) is 3. The van der Waals surface area contributed by atoms with Crippen LogP contribution in [0.1, 0.15) is 30.9 Å². The van der Waals surface area contributed by atoms with E-state index in [1.54, 1.807) is 12.1 Å². The summed E-state index contributed by atoms with van der Waals surface area (Å²) in [5.41, 5.74) is 2.38. The van der Waals surface area contributed by atoms with Crippen molar-refractivity contribution < 1.29 is 28.3 Å². The van der Waals surface area contributed by atoms with Crippen LogP contribution in [0.3, 0.4) is 0 Å². The molecule has 0 spiro atoms. The first kappa shape index (κ1) is 22.2. The zero-order valence-corrected chi connectivity index (χ0v) is 17.7. The molecule has 1 heterocycles. The second-order valence-electron chi connectivity index (χ2n) is 7.76. The SMILES string of the molecule is Cc1ccccc1COc1ccc(S(=O)(=O)N2C[C@](C)(O)CC[C@@H]2C(=O)NO)cc1. The number of hydroxylamine groups is 1. The third-order valence-corrected chi connectivity index (χ3v) is 7.17. The van der Waals surface area contributed by atoms with E-state index in [1.165, 1.54) is 24.5 Å². The van der Waals surface area contributed by atoms with E-state index in [2.05, 4.69) is 0 Å². The Morgan fingerprint density at radius 1 is 1.23 bits per heavy atom. The van der Waals surface area contributed by atoms with Gasteiger partial charge in [0.15, 0.2) is 0 Å². The topological polar surface area (TPSA) is 116 Å². The molecule has 162 valence electrons. The van der Waals surface area contributed by atoms with Crippen molar-refractivity contribution in [2.24, 2.45) is 0 Å². The van der Waals surface area contributed by atoms with Gasteiger partial charge in [0.2, 0.25) is 10.0 Å². The van der Waals surface area contributed by atoms with E-state index in [1.807, 2.05) is 31.2 Å². The van der Waals surface area contributed by atoms with Gasteiger partial charge >= 0.3 is 0 Å². The summed E-state index contributed by atoms with van der Waals surface area (Å²) in [7, 11) is -4.08. The van der Waals surface area contributed by atoms with Gasteiger partial charge in [0.25, 0.3) is 5.91 Å². The predicted molar refractivity (Wildman–Crippen MR) is 109 cm³/mol. The van der Waals surface area contributed by atoms with Crippen molar-refractivity contribution in [3.05, 3.63) is 59.7 Å². The van der Waals surface area contributed by atoms with E-state index in [0.29, 0.717) is 12.4 Å². The number of aliphatic hydroxyl groups is 1. The van der Waals surface area contributed by atoms with E-state index in [-0.39, 0.29) is 24.3 Å². The van der Waals surface area contributed by atoms with Crippen LogP contribution in [0.4, 0.5) is 0 Å². The van der Waals surface area contributed by atoms with Gasteiger partial charge in [0.05, 0.1) is 10.5 Å². The lowest BCUT2D eigenvalue weighted by atomic mass is 9.92. The van der Waals surface area contributed by atoms with Crippen molar-refractivity contribution in [2.45, 2.75) is 49.8 Å². The van der Waals surface area contributed by atoms with E-state index < -0.39 is 27.6 Å². The van der Waals surface area contributed by atoms with Crippen LogP contribution in [0.25, 0.3) is 0 Å². The van der Waals surface area contributed by atoms with Gasteiger partial charge in [-0.1, -0.05) is 24.3 Å². The Balaban J connectivity index is 1.79. The molecule has 3 rings (SSSR count). The summed E-state index contributed by atoms with van der Waals surface area (Å²) in [4.78, 5) is 12.0. The number of hydrogen-bond acceptors (Lipinski definition) is 6. The molecule has 1 aliphatic rings. The Kier molecular flexibility index (Phi) is 6.47. The molecule has 0 radical (unpaired) electrons. The maximum absolute atomic E-state index is 13.2. The highest BCUT2D eigenvalue weighted by Crippen LogP contribution is 2.31. The third kappa shape index (κ3) is 4.81. The number of ether oxygens (including phenoxy) is 1. The number of amides is 1. The van der Waals surface area contributed by atoms with Gasteiger partial charge in [-0.2, -0.15) is 4.31 Å². The quantitative estimate of drug-likeness (QED) is 0.473. The first-order chi connectivity index (χ1) is 14.1. The zero-order valence-electron chi connectivity index (χ0n) is 16.9. The molecule has 30 heavy (non-hydrogen) atoms. The van der Waals surface area contributed by atoms with Gasteiger partial charge in [-0.05, 0) is 62.1 Å². The van der Waals surface area contributed by atoms with Crippen LogP contribution >= 0.6 is 0 Å². The number of piperidine rings is 1. The molecule has 0 aromatic heterocycles. The molecular formula is C21H26N2O6S. The number of nitrogens with one attached hydrogen (secondary N) is 1. The average molecular weight is 435 g/mol. The van der Waals surface area contributed by atoms with Gasteiger partial charge in [-0.3, -0.25) is 10.0 Å². The summed E-state index contributed by atoms with van der Waals surface area (Å²) in [5.74, 6) is -0.320. The fourth-order valence-corrected chi connectivity index (χ4v) is 5.22. The average Bonchev–Trinajstić information content (AvgIpc) is 2.72. The highest BCUT2D eigenvalue weighted by Gasteiger charge is 2.44. The third-order valence-electron chi connectivity index (χ3n) is 5.30. The first-order valence-corrected chi connectivity index (χ1v) is 11.0. The highest BCUT2D eigenvalue weighted by atomic mass is 32.2. The number of β-amino-alcohol motifs (C(OH)–C–C–N with tert-alkyl or cyclic N) is 1. The predicted octanol–water partition coefficient (Wildman–Crippen LogP) is 1.98. The molecule has 1 saturated heterocycles. The van der Waals surface area contributed by atoms with E-state index >= 15 is 0 Å². The van der Waals surface area contributed by atoms with Crippen molar-refractivity contribution in [1.82, 2.24) is 9.79 Å². The molecule has 1 fully saturated rings. The largest absolute Gasteiger partial charge is 0.489 e. The van der Waals surface area contributed by atoms with Crippen LogP contribution in [0.15, 0.2) is 53.4 Å². The highest BCUT2D eigenvalue weighted by molar-refractivity contribution is 7.89. The molecule has 0 unspecified atom stereocenters. The van der Waals surface area contributed by atoms with Gasteiger partial charge in [-0.25, -0.2) is 13.9 Å². The molecule has 0 saturated carbocycles. The Morgan fingerprint density at radius 3 is 2.53 bits per heavy atom. The van der Waals surface area contributed by atoms with E-state index in [9.17, 15) is 18.3 Å². The summed E-state index contributed by atoms with van der Waals surface area (Å²) >= 11 is 0. The number of nitrogens with zero attached hydrogens (tertiary/aromatic N) is 1. The molecule has 8 nitrogen and oxygen atoms in total. The van der Waals surface area contributed by atoms with Crippen molar-refractivity contribution in [2.75, 3.05) is 6.54 Å². The minimum Gasteiger partial charge on any atom is -0.489 e. The number of carbonyl (C=O) groups is 1. The minimum atomic E-state index is -4.08. The molecule has 1 aliphatic heterocycles. The van der Waals surface area contributed by atoms with Crippen molar-refractivity contribution in [1.29, 1.82) is 0 Å². The molecule has 2 atom stereocenters. The number of benzene rings is 2. The normalized spacial score (nSPS) is 22.5. The summed E-state index contributed by atoms with van der Waals surface area (Å²) in [5, 5.41) is 19.3. The summed E-state index contributed by atoms with van der Waals surface area (Å²) in [6.07, 6.45) is 0.332. The molecule has 0 bridgehead atoms. The number of sulfonamides is 1. The zero-order chi connectivity index (χ0) is 21.9. The second-order valence-corrected chi connectivity index (χ2v) is 9.65. The second kappa shape index (κ2) is 8.73. The van der Waals surface area contributed by atoms with Crippen LogP contribution in [-0.4, -0.2) is 47.1 Å². The summed E-state index contributed by atoms with van der Waals surface area (Å²) < 4.78 is 33.0. The lowest BCUT2D eigenvalue weighted by molar-refractivity contribution is -0.136. The number of rotatable bonds is 6. The smallest absolute Gasteiger partial charge is 0.261 e. The first-order valence-electron chi connectivity index (χ1n) is 9.59. The van der Waals surface area contributed by atoms with E-state index in [4.69, 9.17) is 9.94 Å². The maximum atomic E-state index is 13.2. The lowest BCUT2D eigenvalue weighted by Gasteiger charge is -2.40. The van der Waals surface area contributed by atoms with Gasteiger partial charge in [0, 0.05) is 6.54 Å². The lowest BCUT2D eigenvalue weighted by Crippen LogP contribution is -2.58. The Bertz CT molecular complexity index is 1000. The molecular weight excluding hydrogens is 408 g/mol. The molecule has 2 aromatic carbocycles. The van der Waals surface area contributed by atoms with Gasteiger partial charge < -0.3 is 9.84 Å². The maximum Gasteiger partial charge on any atom is 0.261 e. The van der Waals surface area contributed by atoms with Crippen LogP contribution in [-0.2, 0) is 21.4 Å².